The van der Waals surface area contributed by atoms with Crippen molar-refractivity contribution in [3.8, 4) is 0 Å². The van der Waals surface area contributed by atoms with E-state index in [2.05, 4.69) is 29.5 Å². The van der Waals surface area contributed by atoms with Crippen molar-refractivity contribution in [2.24, 2.45) is 0 Å². The summed E-state index contributed by atoms with van der Waals surface area (Å²) in [6.07, 6.45) is 0.870. The van der Waals surface area contributed by atoms with Crippen molar-refractivity contribution in [3.05, 3.63) is 39.8 Å². The van der Waals surface area contributed by atoms with Gasteiger partial charge in [-0.1, -0.05) is 6.07 Å². The van der Waals surface area contributed by atoms with Gasteiger partial charge in [-0.2, -0.15) is 5.10 Å². The van der Waals surface area contributed by atoms with E-state index in [0.29, 0.717) is 6.54 Å². The molecule has 1 atom stereocenters. The van der Waals surface area contributed by atoms with Crippen molar-refractivity contribution < 1.29 is 4.79 Å². The number of aromatic nitrogens is 2. The fourth-order valence-corrected chi connectivity index (χ4v) is 3.17. The smallest absolute Gasteiger partial charge is 0.317 e. The van der Waals surface area contributed by atoms with Crippen molar-refractivity contribution >= 4 is 17.4 Å². The van der Waals surface area contributed by atoms with Gasteiger partial charge in [-0.3, -0.25) is 4.68 Å². The minimum absolute atomic E-state index is 0.0331. The minimum Gasteiger partial charge on any atom is -0.338 e. The highest BCUT2D eigenvalue weighted by Crippen LogP contribution is 2.23. The van der Waals surface area contributed by atoms with Gasteiger partial charge in [0, 0.05) is 30.7 Å². The van der Waals surface area contributed by atoms with E-state index in [0.717, 1.165) is 24.4 Å². The summed E-state index contributed by atoms with van der Waals surface area (Å²) in [7, 11) is 1.83. The zero-order chi connectivity index (χ0) is 16.1. The third-order valence-corrected chi connectivity index (χ3v) is 4.83. The fourth-order valence-electron chi connectivity index (χ4n) is 2.35. The molecule has 0 radical (unpaired) electrons. The quantitative estimate of drug-likeness (QED) is 0.830. The first-order valence-electron chi connectivity index (χ1n) is 7.54. The molecule has 2 amide bonds. The molecule has 5 nitrogen and oxygen atoms in total. The van der Waals surface area contributed by atoms with Crippen LogP contribution in [0, 0.1) is 13.8 Å². The van der Waals surface area contributed by atoms with Gasteiger partial charge in [0.1, 0.15) is 0 Å². The Kier molecular flexibility index (Phi) is 5.60. The van der Waals surface area contributed by atoms with Crippen LogP contribution in [0.25, 0.3) is 0 Å². The number of hydrogen-bond donors (Lipinski definition) is 1. The average molecular weight is 320 g/mol. The van der Waals surface area contributed by atoms with Crippen LogP contribution in [0.1, 0.15) is 35.7 Å². The topological polar surface area (TPSA) is 50.2 Å². The molecule has 2 aromatic rings. The Morgan fingerprint density at radius 3 is 2.86 bits per heavy atom. The lowest BCUT2D eigenvalue weighted by Gasteiger charge is -2.24. The standard InChI is InChI=1S/C16H24N4OS/c1-12-11-13(2)20(18-12)9-6-8-17-16(21)19(4)14(3)15-7-5-10-22-15/h5,7,10-11,14H,6,8-9H2,1-4H3,(H,17,21). The number of nitrogens with zero attached hydrogens (tertiary/aromatic N) is 3. The molecule has 0 aliphatic carbocycles. The Morgan fingerprint density at radius 1 is 1.50 bits per heavy atom. The second-order valence-electron chi connectivity index (χ2n) is 5.54. The van der Waals surface area contributed by atoms with E-state index in [9.17, 15) is 4.79 Å². The van der Waals surface area contributed by atoms with Crippen LogP contribution in [0.15, 0.2) is 23.6 Å². The van der Waals surface area contributed by atoms with Gasteiger partial charge >= 0.3 is 6.03 Å². The summed E-state index contributed by atoms with van der Waals surface area (Å²) in [6, 6.07) is 6.19. The molecule has 2 aromatic heterocycles. The largest absolute Gasteiger partial charge is 0.338 e. The molecule has 0 saturated carbocycles. The maximum absolute atomic E-state index is 12.2. The molecule has 1 unspecified atom stereocenters. The summed E-state index contributed by atoms with van der Waals surface area (Å²) < 4.78 is 1.99. The summed E-state index contributed by atoms with van der Waals surface area (Å²) in [5, 5.41) is 9.42. The molecule has 0 saturated heterocycles. The van der Waals surface area contributed by atoms with Crippen LogP contribution in [0.4, 0.5) is 4.79 Å². The Morgan fingerprint density at radius 2 is 2.27 bits per heavy atom. The SMILES string of the molecule is Cc1cc(C)n(CCCNC(=O)N(C)C(C)c2cccs2)n1. The van der Waals surface area contributed by atoms with E-state index in [-0.39, 0.29) is 12.1 Å². The Balaban J connectivity index is 1.74. The lowest BCUT2D eigenvalue weighted by atomic mass is 10.2. The Bertz CT molecular complexity index is 606. The second-order valence-corrected chi connectivity index (χ2v) is 6.52. The molecule has 0 bridgehead atoms. The Hall–Kier alpha value is -1.82. The lowest BCUT2D eigenvalue weighted by molar-refractivity contribution is 0.195. The first-order valence-corrected chi connectivity index (χ1v) is 8.42. The lowest BCUT2D eigenvalue weighted by Crippen LogP contribution is -2.39. The monoisotopic (exact) mass is 320 g/mol. The van der Waals surface area contributed by atoms with E-state index in [1.807, 2.05) is 37.0 Å². The van der Waals surface area contributed by atoms with Crippen LogP contribution in [-0.2, 0) is 6.54 Å². The summed E-state index contributed by atoms with van der Waals surface area (Å²) in [4.78, 5) is 15.1. The molecule has 1 N–H and O–H groups in total. The van der Waals surface area contributed by atoms with Gasteiger partial charge in [0.25, 0.3) is 0 Å². The third kappa shape index (κ3) is 4.10. The highest BCUT2D eigenvalue weighted by Gasteiger charge is 2.17. The first kappa shape index (κ1) is 16.5. The van der Waals surface area contributed by atoms with Crippen LogP contribution >= 0.6 is 11.3 Å². The van der Waals surface area contributed by atoms with Gasteiger partial charge in [0.15, 0.2) is 0 Å². The number of thiophene rings is 1. The predicted octanol–water partition coefficient (Wildman–Crippen LogP) is 3.35. The molecule has 120 valence electrons. The molecule has 0 fully saturated rings. The van der Waals surface area contributed by atoms with Crippen molar-refractivity contribution in [2.75, 3.05) is 13.6 Å². The molecule has 0 aromatic carbocycles. The van der Waals surface area contributed by atoms with Crippen LogP contribution in [0.3, 0.4) is 0 Å². The van der Waals surface area contributed by atoms with Gasteiger partial charge in [-0.15, -0.1) is 11.3 Å². The number of carbonyl (C=O) groups excluding carboxylic acids is 1. The molecular weight excluding hydrogens is 296 g/mol. The van der Waals surface area contributed by atoms with E-state index in [4.69, 9.17) is 0 Å². The molecule has 0 aliphatic rings. The molecule has 0 spiro atoms. The van der Waals surface area contributed by atoms with Crippen LogP contribution < -0.4 is 5.32 Å². The molecule has 22 heavy (non-hydrogen) atoms. The van der Waals surface area contributed by atoms with E-state index >= 15 is 0 Å². The molecule has 2 heterocycles. The molecular formula is C16H24N4OS. The number of hydrogen-bond acceptors (Lipinski definition) is 3. The zero-order valence-electron chi connectivity index (χ0n) is 13.7. The number of nitrogens with one attached hydrogen (secondary N) is 1. The highest BCUT2D eigenvalue weighted by atomic mass is 32.1. The predicted molar refractivity (Wildman–Crippen MR) is 90.2 cm³/mol. The number of aryl methyl sites for hydroxylation is 3. The Labute approximate surface area is 135 Å². The van der Waals surface area contributed by atoms with Crippen molar-refractivity contribution in [1.29, 1.82) is 0 Å². The first-order chi connectivity index (χ1) is 10.5. The third-order valence-electron chi connectivity index (χ3n) is 3.78. The molecule has 0 aliphatic heterocycles. The number of carbonyl (C=O) groups is 1. The van der Waals surface area contributed by atoms with Crippen molar-refractivity contribution in [1.82, 2.24) is 20.0 Å². The van der Waals surface area contributed by atoms with Gasteiger partial charge in [-0.05, 0) is 44.7 Å². The van der Waals surface area contributed by atoms with Gasteiger partial charge in [0.05, 0.1) is 11.7 Å². The van der Waals surface area contributed by atoms with Crippen LogP contribution in [-0.4, -0.2) is 34.3 Å². The number of rotatable bonds is 6. The van der Waals surface area contributed by atoms with Crippen LogP contribution in [0.2, 0.25) is 0 Å². The van der Waals surface area contributed by atoms with E-state index < -0.39 is 0 Å². The van der Waals surface area contributed by atoms with Gasteiger partial charge in [-0.25, -0.2) is 4.79 Å². The summed E-state index contributed by atoms with van der Waals surface area (Å²) in [5.41, 5.74) is 2.19. The second kappa shape index (κ2) is 7.45. The minimum atomic E-state index is -0.0331. The summed E-state index contributed by atoms with van der Waals surface area (Å²) >= 11 is 1.67. The van der Waals surface area contributed by atoms with E-state index in [1.165, 1.54) is 4.88 Å². The number of amides is 2. The zero-order valence-corrected chi connectivity index (χ0v) is 14.5. The summed E-state index contributed by atoms with van der Waals surface area (Å²) in [5.74, 6) is 0. The van der Waals surface area contributed by atoms with E-state index in [1.54, 1.807) is 16.2 Å². The fraction of sp³-hybridized carbons (Fsp3) is 0.500. The maximum atomic E-state index is 12.2. The van der Waals surface area contributed by atoms with Crippen LogP contribution in [0.5, 0.6) is 0 Å². The molecule has 2 rings (SSSR count). The maximum Gasteiger partial charge on any atom is 0.317 e. The van der Waals surface area contributed by atoms with Gasteiger partial charge in [0.2, 0.25) is 0 Å². The van der Waals surface area contributed by atoms with Gasteiger partial charge < -0.3 is 10.2 Å². The normalized spacial score (nSPS) is 12.2. The van der Waals surface area contributed by atoms with Crippen molar-refractivity contribution in [3.63, 3.8) is 0 Å². The molecule has 6 heteroatoms. The van der Waals surface area contributed by atoms with Crippen molar-refractivity contribution in [2.45, 2.75) is 39.8 Å². The summed E-state index contributed by atoms with van der Waals surface area (Å²) in [6.45, 7) is 7.56. The number of urea groups is 1. The highest BCUT2D eigenvalue weighted by molar-refractivity contribution is 7.10. The average Bonchev–Trinajstić information content (AvgIpc) is 3.12.